The van der Waals surface area contributed by atoms with E-state index in [1.54, 1.807) is 37.3 Å². The number of anilines is 1. The highest BCUT2D eigenvalue weighted by Gasteiger charge is 2.35. The summed E-state index contributed by atoms with van der Waals surface area (Å²) in [5, 5.41) is 2.75. The molecule has 2 amide bonds. The largest absolute Gasteiger partial charge is 0.493 e. The van der Waals surface area contributed by atoms with E-state index in [2.05, 4.69) is 5.32 Å². The summed E-state index contributed by atoms with van der Waals surface area (Å²) >= 11 is 0. The van der Waals surface area contributed by atoms with Crippen molar-refractivity contribution in [2.75, 3.05) is 31.6 Å². The van der Waals surface area contributed by atoms with Crippen molar-refractivity contribution in [3.05, 3.63) is 120 Å². The topological polar surface area (TPSA) is 105 Å². The minimum atomic E-state index is -4.50. The smallest absolute Gasteiger partial charge is 0.264 e. The van der Waals surface area contributed by atoms with E-state index in [9.17, 15) is 26.8 Å². The first kappa shape index (κ1) is 33.9. The zero-order valence-electron chi connectivity index (χ0n) is 25.7. The molecule has 9 nitrogen and oxygen atoms in total. The number of sulfonamides is 1. The number of nitrogens with zero attached hydrogens (tertiary/aromatic N) is 2. The van der Waals surface area contributed by atoms with Gasteiger partial charge in [0.05, 0.1) is 24.8 Å². The second-order valence-corrected chi connectivity index (χ2v) is 12.1. The first-order valence-corrected chi connectivity index (χ1v) is 15.9. The molecule has 0 bridgehead atoms. The lowest BCUT2D eigenvalue weighted by Crippen LogP contribution is -2.53. The number of nitrogens with one attached hydrogen (secondary N) is 1. The van der Waals surface area contributed by atoms with Crippen LogP contribution in [0.1, 0.15) is 18.1 Å². The van der Waals surface area contributed by atoms with E-state index in [4.69, 9.17) is 9.47 Å². The van der Waals surface area contributed by atoms with Crippen molar-refractivity contribution in [1.82, 2.24) is 10.2 Å². The summed E-state index contributed by atoms with van der Waals surface area (Å²) in [6.07, 6.45) is 0.0752. The fourth-order valence-electron chi connectivity index (χ4n) is 4.90. The van der Waals surface area contributed by atoms with E-state index in [0.717, 1.165) is 22.0 Å². The number of amides is 2. The quantitative estimate of drug-likeness (QED) is 0.207. The zero-order chi connectivity index (χ0) is 33.3. The molecular formula is C34H35F2N3O6S. The first-order chi connectivity index (χ1) is 22.1. The maximum atomic E-state index is 15.0. The number of hydrogen-bond donors (Lipinski definition) is 1. The van der Waals surface area contributed by atoms with Crippen LogP contribution in [0.4, 0.5) is 14.5 Å². The van der Waals surface area contributed by atoms with Crippen LogP contribution < -0.4 is 19.1 Å². The normalized spacial score (nSPS) is 11.8. The van der Waals surface area contributed by atoms with Gasteiger partial charge in [0.2, 0.25) is 11.8 Å². The van der Waals surface area contributed by atoms with E-state index in [1.807, 2.05) is 6.07 Å². The third kappa shape index (κ3) is 7.99. The first-order valence-electron chi connectivity index (χ1n) is 14.4. The third-order valence-corrected chi connectivity index (χ3v) is 9.03. The van der Waals surface area contributed by atoms with Crippen LogP contribution in [0, 0.1) is 11.6 Å². The molecule has 0 saturated heterocycles. The molecule has 46 heavy (non-hydrogen) atoms. The summed E-state index contributed by atoms with van der Waals surface area (Å²) in [6.45, 7) is 0.878. The fourth-order valence-corrected chi connectivity index (χ4v) is 6.33. The van der Waals surface area contributed by atoms with Crippen LogP contribution in [-0.4, -0.2) is 58.5 Å². The Morgan fingerprint density at radius 1 is 0.848 bits per heavy atom. The molecule has 242 valence electrons. The Morgan fingerprint density at radius 3 is 2.13 bits per heavy atom. The Labute approximate surface area is 267 Å². The molecule has 0 aromatic heterocycles. The predicted octanol–water partition coefficient (Wildman–Crippen LogP) is 4.95. The SMILES string of the molecule is CCNC(=O)[C@@H](Cc1ccccc1)N(Cc1ccccc1F)C(=O)CN(c1ccc(F)cc1)S(=O)(=O)c1ccc(OC)c(OC)c1. The van der Waals surface area contributed by atoms with Crippen molar-refractivity contribution < 1.29 is 36.3 Å². The summed E-state index contributed by atoms with van der Waals surface area (Å²) in [4.78, 5) is 28.8. The van der Waals surface area contributed by atoms with Gasteiger partial charge in [-0.2, -0.15) is 0 Å². The lowest BCUT2D eigenvalue weighted by Gasteiger charge is -2.34. The van der Waals surface area contributed by atoms with E-state index in [1.165, 1.54) is 67.7 Å². The van der Waals surface area contributed by atoms with Gasteiger partial charge in [-0.1, -0.05) is 48.5 Å². The number of halogens is 2. The van der Waals surface area contributed by atoms with Gasteiger partial charge in [0.15, 0.2) is 11.5 Å². The van der Waals surface area contributed by atoms with Gasteiger partial charge in [0, 0.05) is 31.1 Å². The van der Waals surface area contributed by atoms with Crippen LogP contribution in [-0.2, 0) is 32.6 Å². The molecule has 4 aromatic rings. The van der Waals surface area contributed by atoms with Gasteiger partial charge in [-0.3, -0.25) is 13.9 Å². The maximum absolute atomic E-state index is 15.0. The molecule has 4 aromatic carbocycles. The second kappa shape index (κ2) is 15.3. The molecule has 0 aliphatic carbocycles. The highest BCUT2D eigenvalue weighted by atomic mass is 32.2. The molecule has 0 heterocycles. The number of benzene rings is 4. The monoisotopic (exact) mass is 651 g/mol. The number of carbonyl (C=O) groups excluding carboxylic acids is 2. The number of ether oxygens (including phenoxy) is 2. The molecule has 0 spiro atoms. The van der Waals surface area contributed by atoms with Crippen LogP contribution >= 0.6 is 0 Å². The molecule has 4 rings (SSSR count). The third-order valence-electron chi connectivity index (χ3n) is 7.26. The summed E-state index contributed by atoms with van der Waals surface area (Å²) in [7, 11) is -1.74. The summed E-state index contributed by atoms with van der Waals surface area (Å²) in [6, 6.07) is 22.2. The molecular weight excluding hydrogens is 616 g/mol. The summed E-state index contributed by atoms with van der Waals surface area (Å²) in [5.74, 6) is -2.07. The van der Waals surface area contributed by atoms with Gasteiger partial charge in [-0.05, 0) is 55.0 Å². The standard InChI is InChI=1S/C34H35F2N3O6S/c1-4-37-34(41)30(20-24-10-6-5-7-11-24)38(22-25-12-8-9-13-29(25)36)33(40)23-39(27-16-14-26(35)15-17-27)46(42,43)28-18-19-31(44-2)32(21-28)45-3/h5-19,21,30H,4,20,22-23H2,1-3H3,(H,37,41)/t30-/m1/s1. The van der Waals surface area contributed by atoms with E-state index < -0.39 is 46.1 Å². The number of rotatable bonds is 14. The van der Waals surface area contributed by atoms with Crippen LogP contribution in [0.3, 0.4) is 0 Å². The van der Waals surface area contributed by atoms with Gasteiger partial charge < -0.3 is 19.7 Å². The highest BCUT2D eigenvalue weighted by molar-refractivity contribution is 7.92. The van der Waals surface area contributed by atoms with Crippen molar-refractivity contribution in [1.29, 1.82) is 0 Å². The number of hydrogen-bond acceptors (Lipinski definition) is 6. The number of carbonyl (C=O) groups is 2. The van der Waals surface area contributed by atoms with Crippen molar-refractivity contribution >= 4 is 27.5 Å². The zero-order valence-corrected chi connectivity index (χ0v) is 26.5. The number of methoxy groups -OCH3 is 2. The van der Waals surface area contributed by atoms with Crippen molar-refractivity contribution in [2.24, 2.45) is 0 Å². The van der Waals surface area contributed by atoms with E-state index >= 15 is 0 Å². The molecule has 0 fully saturated rings. The minimum absolute atomic E-state index is 0.00649. The molecule has 0 saturated carbocycles. The Bertz CT molecular complexity index is 1750. The molecule has 0 unspecified atom stereocenters. The average molecular weight is 652 g/mol. The summed E-state index contributed by atoms with van der Waals surface area (Å²) < 4.78 is 68.6. The van der Waals surface area contributed by atoms with E-state index in [0.29, 0.717) is 0 Å². The summed E-state index contributed by atoms with van der Waals surface area (Å²) in [5.41, 5.74) is 0.862. The van der Waals surface area contributed by atoms with Crippen molar-refractivity contribution in [2.45, 2.75) is 30.8 Å². The average Bonchev–Trinajstić information content (AvgIpc) is 3.06. The molecule has 12 heteroatoms. The molecule has 0 aliphatic heterocycles. The minimum Gasteiger partial charge on any atom is -0.493 e. The van der Waals surface area contributed by atoms with Gasteiger partial charge in [0.1, 0.15) is 24.2 Å². The Morgan fingerprint density at radius 2 is 1.50 bits per heavy atom. The van der Waals surface area contributed by atoms with Crippen LogP contribution in [0.25, 0.3) is 0 Å². The van der Waals surface area contributed by atoms with E-state index in [-0.39, 0.29) is 47.2 Å². The Balaban J connectivity index is 1.82. The van der Waals surface area contributed by atoms with Gasteiger partial charge >= 0.3 is 0 Å². The number of likely N-dealkylation sites (N-methyl/N-ethyl adjacent to an activating group) is 1. The second-order valence-electron chi connectivity index (χ2n) is 10.2. The van der Waals surface area contributed by atoms with Gasteiger partial charge in [0.25, 0.3) is 10.0 Å². The highest BCUT2D eigenvalue weighted by Crippen LogP contribution is 2.32. The Kier molecular flexibility index (Phi) is 11.3. The maximum Gasteiger partial charge on any atom is 0.264 e. The predicted molar refractivity (Wildman–Crippen MR) is 170 cm³/mol. The molecule has 1 atom stereocenters. The van der Waals surface area contributed by atoms with Crippen molar-refractivity contribution in [3.8, 4) is 11.5 Å². The lowest BCUT2D eigenvalue weighted by molar-refractivity contribution is -0.140. The van der Waals surface area contributed by atoms with Crippen LogP contribution in [0.15, 0.2) is 102 Å². The van der Waals surface area contributed by atoms with Gasteiger partial charge in [-0.25, -0.2) is 17.2 Å². The van der Waals surface area contributed by atoms with Crippen LogP contribution in [0.5, 0.6) is 11.5 Å². The molecule has 0 aliphatic rings. The fraction of sp³-hybridized carbons (Fsp3) is 0.235. The van der Waals surface area contributed by atoms with Gasteiger partial charge in [-0.15, -0.1) is 0 Å². The Hall–Kier alpha value is -4.97. The molecule has 1 N–H and O–H groups in total. The molecule has 0 radical (unpaired) electrons. The van der Waals surface area contributed by atoms with Crippen molar-refractivity contribution in [3.63, 3.8) is 0 Å². The lowest BCUT2D eigenvalue weighted by atomic mass is 10.0. The van der Waals surface area contributed by atoms with Crippen LogP contribution in [0.2, 0.25) is 0 Å².